The van der Waals surface area contributed by atoms with E-state index in [1.165, 1.54) is 0 Å². The highest BCUT2D eigenvalue weighted by Crippen LogP contribution is 2.16. The van der Waals surface area contributed by atoms with Crippen molar-refractivity contribution in [3.8, 4) is 0 Å². The van der Waals surface area contributed by atoms with E-state index in [4.69, 9.17) is 0 Å². The summed E-state index contributed by atoms with van der Waals surface area (Å²) < 4.78 is 2.76. The summed E-state index contributed by atoms with van der Waals surface area (Å²) in [7, 11) is 0. The molecule has 0 atom stereocenters. The number of likely N-dealkylation sites (N-methyl/N-ethyl adjacent to an activating group) is 1. The molecule has 0 amide bonds. The molecule has 0 aliphatic heterocycles. The first kappa shape index (κ1) is 13.3. The number of hydrogen-bond donors (Lipinski definition) is 1. The van der Waals surface area contributed by atoms with Crippen LogP contribution < -0.4 is 5.32 Å². The van der Waals surface area contributed by atoms with E-state index in [0.717, 1.165) is 42.2 Å². The fourth-order valence-corrected chi connectivity index (χ4v) is 2.29. The van der Waals surface area contributed by atoms with Gasteiger partial charge in [0.15, 0.2) is 11.5 Å². The minimum atomic E-state index is 0.804. The van der Waals surface area contributed by atoms with Crippen molar-refractivity contribution in [2.24, 2.45) is 0 Å². The molecule has 2 heterocycles. The molecule has 98 valence electrons. The average molecular weight is 312 g/mol. The standard InChI is InChI=1S/C12H18BrN5/c1-3-17(4-2)7-5-14-11-12-15-6-8-18(12)9-10(13)16-11/h6,8-9H,3-5,7H2,1-2H3,(H,14,16). The molecule has 0 saturated heterocycles. The first-order valence-corrected chi connectivity index (χ1v) is 6.99. The van der Waals surface area contributed by atoms with Gasteiger partial charge in [0.2, 0.25) is 0 Å². The maximum atomic E-state index is 4.43. The van der Waals surface area contributed by atoms with Crippen molar-refractivity contribution in [3.05, 3.63) is 23.2 Å². The molecule has 6 heteroatoms. The van der Waals surface area contributed by atoms with Crippen molar-refractivity contribution in [3.63, 3.8) is 0 Å². The van der Waals surface area contributed by atoms with Crippen LogP contribution in [0, 0.1) is 0 Å². The highest BCUT2D eigenvalue weighted by Gasteiger charge is 2.06. The Morgan fingerprint density at radius 2 is 2.17 bits per heavy atom. The Morgan fingerprint density at radius 3 is 2.89 bits per heavy atom. The van der Waals surface area contributed by atoms with Gasteiger partial charge >= 0.3 is 0 Å². The zero-order chi connectivity index (χ0) is 13.0. The number of imidazole rings is 1. The topological polar surface area (TPSA) is 45.5 Å². The molecule has 2 rings (SSSR count). The summed E-state index contributed by atoms with van der Waals surface area (Å²) in [6, 6.07) is 0. The van der Waals surface area contributed by atoms with Crippen molar-refractivity contribution >= 4 is 27.4 Å². The third-order valence-corrected chi connectivity index (χ3v) is 3.34. The second-order valence-corrected chi connectivity index (χ2v) is 4.84. The average Bonchev–Trinajstić information content (AvgIpc) is 2.82. The second-order valence-electron chi connectivity index (χ2n) is 4.02. The van der Waals surface area contributed by atoms with Gasteiger partial charge in [-0.15, -0.1) is 0 Å². The molecule has 0 fully saturated rings. The molecule has 18 heavy (non-hydrogen) atoms. The fourth-order valence-electron chi connectivity index (χ4n) is 1.89. The first-order chi connectivity index (χ1) is 8.74. The minimum absolute atomic E-state index is 0.804. The summed E-state index contributed by atoms with van der Waals surface area (Å²) in [5.74, 6) is 0.821. The summed E-state index contributed by atoms with van der Waals surface area (Å²) in [6.07, 6.45) is 5.59. The van der Waals surface area contributed by atoms with Gasteiger partial charge in [0.1, 0.15) is 4.60 Å². The van der Waals surface area contributed by atoms with E-state index in [2.05, 4.69) is 50.0 Å². The molecule has 0 aliphatic rings. The van der Waals surface area contributed by atoms with Gasteiger partial charge in [-0.05, 0) is 29.0 Å². The van der Waals surface area contributed by atoms with Crippen molar-refractivity contribution in [2.75, 3.05) is 31.5 Å². The number of anilines is 1. The molecule has 2 aromatic heterocycles. The van der Waals surface area contributed by atoms with Crippen LogP contribution >= 0.6 is 15.9 Å². The molecule has 0 radical (unpaired) electrons. The van der Waals surface area contributed by atoms with Gasteiger partial charge in [0.05, 0.1) is 0 Å². The van der Waals surface area contributed by atoms with E-state index in [1.54, 1.807) is 6.20 Å². The van der Waals surface area contributed by atoms with Crippen molar-refractivity contribution in [1.82, 2.24) is 19.3 Å². The number of halogens is 1. The zero-order valence-electron chi connectivity index (χ0n) is 10.7. The van der Waals surface area contributed by atoms with E-state index in [1.807, 2.05) is 16.8 Å². The Hall–Kier alpha value is -1.14. The summed E-state index contributed by atoms with van der Waals surface area (Å²) in [4.78, 5) is 11.1. The highest BCUT2D eigenvalue weighted by atomic mass is 79.9. The fraction of sp³-hybridized carbons (Fsp3) is 0.500. The normalized spacial score (nSPS) is 11.3. The summed E-state index contributed by atoms with van der Waals surface area (Å²) in [5.41, 5.74) is 0.859. The van der Waals surface area contributed by atoms with Gasteiger partial charge < -0.3 is 14.6 Å². The number of aromatic nitrogens is 3. The van der Waals surface area contributed by atoms with Gasteiger partial charge in [-0.2, -0.15) is 0 Å². The van der Waals surface area contributed by atoms with Gasteiger partial charge in [0.25, 0.3) is 0 Å². The summed E-state index contributed by atoms with van der Waals surface area (Å²) in [6.45, 7) is 8.37. The molecule has 0 unspecified atom stereocenters. The number of hydrogen-bond acceptors (Lipinski definition) is 4. The predicted molar refractivity (Wildman–Crippen MR) is 77.0 cm³/mol. The predicted octanol–water partition coefficient (Wildman–Crippen LogP) is 2.25. The molecular weight excluding hydrogens is 294 g/mol. The van der Waals surface area contributed by atoms with Crippen molar-refractivity contribution in [1.29, 1.82) is 0 Å². The molecule has 0 saturated carbocycles. The van der Waals surface area contributed by atoms with E-state index in [-0.39, 0.29) is 0 Å². The zero-order valence-corrected chi connectivity index (χ0v) is 12.3. The smallest absolute Gasteiger partial charge is 0.180 e. The van der Waals surface area contributed by atoms with Crippen LogP contribution in [-0.4, -0.2) is 45.4 Å². The Balaban J connectivity index is 2.05. The van der Waals surface area contributed by atoms with E-state index in [0.29, 0.717) is 0 Å². The lowest BCUT2D eigenvalue weighted by Gasteiger charge is -2.18. The molecule has 5 nitrogen and oxygen atoms in total. The first-order valence-electron chi connectivity index (χ1n) is 6.20. The Labute approximate surface area is 115 Å². The van der Waals surface area contributed by atoms with Crippen LogP contribution in [0.1, 0.15) is 13.8 Å². The number of nitrogens with zero attached hydrogens (tertiary/aromatic N) is 4. The third-order valence-electron chi connectivity index (χ3n) is 2.96. The van der Waals surface area contributed by atoms with Gasteiger partial charge in [-0.3, -0.25) is 0 Å². The Bertz CT molecular complexity index is 506. The second kappa shape index (κ2) is 6.15. The Morgan fingerprint density at radius 1 is 1.39 bits per heavy atom. The molecule has 0 aromatic carbocycles. The maximum Gasteiger partial charge on any atom is 0.180 e. The molecule has 0 spiro atoms. The summed E-state index contributed by atoms with van der Waals surface area (Å²) in [5, 5.41) is 3.35. The largest absolute Gasteiger partial charge is 0.366 e. The lowest BCUT2D eigenvalue weighted by Crippen LogP contribution is -2.28. The van der Waals surface area contributed by atoms with E-state index in [9.17, 15) is 0 Å². The molecule has 0 aliphatic carbocycles. The SMILES string of the molecule is CCN(CC)CCNc1nc(Br)cn2ccnc12. The maximum absolute atomic E-state index is 4.43. The van der Waals surface area contributed by atoms with Crippen LogP contribution in [0.25, 0.3) is 5.65 Å². The molecule has 2 aromatic rings. The van der Waals surface area contributed by atoms with Gasteiger partial charge in [0, 0.05) is 31.7 Å². The van der Waals surface area contributed by atoms with Crippen LogP contribution in [0.15, 0.2) is 23.2 Å². The molecule has 1 N–H and O–H groups in total. The number of rotatable bonds is 6. The lowest BCUT2D eigenvalue weighted by molar-refractivity contribution is 0.316. The van der Waals surface area contributed by atoms with Crippen LogP contribution in [0.4, 0.5) is 5.82 Å². The lowest BCUT2D eigenvalue weighted by atomic mass is 10.4. The van der Waals surface area contributed by atoms with Crippen LogP contribution in [0.5, 0.6) is 0 Å². The minimum Gasteiger partial charge on any atom is -0.366 e. The monoisotopic (exact) mass is 311 g/mol. The van der Waals surface area contributed by atoms with Crippen LogP contribution in [-0.2, 0) is 0 Å². The van der Waals surface area contributed by atoms with Crippen LogP contribution in [0.2, 0.25) is 0 Å². The summed E-state index contributed by atoms with van der Waals surface area (Å²) >= 11 is 3.41. The molecular formula is C12H18BrN5. The third kappa shape index (κ3) is 3.00. The van der Waals surface area contributed by atoms with Gasteiger partial charge in [-0.25, -0.2) is 9.97 Å². The van der Waals surface area contributed by atoms with Crippen molar-refractivity contribution < 1.29 is 0 Å². The van der Waals surface area contributed by atoms with E-state index >= 15 is 0 Å². The van der Waals surface area contributed by atoms with Crippen molar-refractivity contribution in [2.45, 2.75) is 13.8 Å². The van der Waals surface area contributed by atoms with Crippen LogP contribution in [0.3, 0.4) is 0 Å². The number of fused-ring (bicyclic) bond motifs is 1. The quantitative estimate of drug-likeness (QED) is 0.888. The Kier molecular flexibility index (Phi) is 4.54. The number of nitrogens with one attached hydrogen (secondary N) is 1. The molecule has 0 bridgehead atoms. The van der Waals surface area contributed by atoms with Gasteiger partial charge in [-0.1, -0.05) is 13.8 Å². The highest BCUT2D eigenvalue weighted by molar-refractivity contribution is 9.10. The van der Waals surface area contributed by atoms with E-state index < -0.39 is 0 Å².